The average Bonchev–Trinajstić information content (AvgIpc) is 2.61. The largest absolute Gasteiger partial charge is 0.342 e. The summed E-state index contributed by atoms with van der Waals surface area (Å²) < 4.78 is 26.6. The van der Waals surface area contributed by atoms with Gasteiger partial charge in [0.15, 0.2) is 11.6 Å². The molecule has 1 aromatic carbocycles. The van der Waals surface area contributed by atoms with E-state index in [0.29, 0.717) is 31.5 Å². The summed E-state index contributed by atoms with van der Waals surface area (Å²) in [4.78, 5) is 28.5. The Labute approximate surface area is 154 Å². The average molecular weight is 366 g/mol. The molecule has 0 bridgehead atoms. The van der Waals surface area contributed by atoms with Crippen LogP contribution in [0.25, 0.3) is 0 Å². The van der Waals surface area contributed by atoms with Crippen molar-refractivity contribution in [1.29, 1.82) is 0 Å². The zero-order chi connectivity index (χ0) is 19.6. The second-order valence-electron chi connectivity index (χ2n) is 8.12. The maximum Gasteiger partial charge on any atom is 0.227 e. The molecule has 1 heterocycles. The van der Waals surface area contributed by atoms with Gasteiger partial charge in [0.2, 0.25) is 11.8 Å². The molecule has 0 aromatic heterocycles. The van der Waals surface area contributed by atoms with Crippen molar-refractivity contribution < 1.29 is 18.4 Å². The van der Waals surface area contributed by atoms with Crippen LogP contribution in [0.2, 0.25) is 0 Å². The van der Waals surface area contributed by atoms with E-state index >= 15 is 0 Å². The Bertz CT molecular complexity index is 677. The van der Waals surface area contributed by atoms with Crippen LogP contribution in [0.3, 0.4) is 0 Å². The summed E-state index contributed by atoms with van der Waals surface area (Å²) in [6.07, 6.45) is 1.24. The van der Waals surface area contributed by atoms with Gasteiger partial charge in [0.1, 0.15) is 0 Å². The van der Waals surface area contributed by atoms with Crippen LogP contribution in [0, 0.1) is 23.0 Å². The molecular formula is C20H28F2N2O2. The van der Waals surface area contributed by atoms with E-state index in [2.05, 4.69) is 0 Å². The summed E-state index contributed by atoms with van der Waals surface area (Å²) in [5, 5.41) is 0. The molecule has 1 fully saturated rings. The lowest BCUT2D eigenvalue weighted by atomic mass is 9.90. The maximum atomic E-state index is 13.5. The summed E-state index contributed by atoms with van der Waals surface area (Å²) >= 11 is 0. The number of piperidine rings is 1. The number of amides is 2. The van der Waals surface area contributed by atoms with Crippen molar-refractivity contribution in [3.63, 3.8) is 0 Å². The molecule has 0 N–H and O–H groups in total. The van der Waals surface area contributed by atoms with Gasteiger partial charge in [-0.1, -0.05) is 26.8 Å². The Hall–Kier alpha value is -1.98. The van der Waals surface area contributed by atoms with Gasteiger partial charge >= 0.3 is 0 Å². The number of likely N-dealkylation sites (tertiary alicyclic amines) is 1. The van der Waals surface area contributed by atoms with Gasteiger partial charge in [-0.15, -0.1) is 0 Å². The van der Waals surface area contributed by atoms with E-state index in [1.54, 1.807) is 18.9 Å². The van der Waals surface area contributed by atoms with Gasteiger partial charge in [0.05, 0.1) is 6.04 Å². The standard InChI is InChI=1S/C20H28F2N2O2/c1-13(15-6-7-16(21)17(22)12-15)23(5)18(25)14-8-10-24(11-9-14)19(26)20(2,3)4/h6-7,12-14H,8-11H2,1-5H3. The predicted octanol–water partition coefficient (Wildman–Crippen LogP) is 3.77. The Kier molecular flexibility index (Phi) is 6.04. The first-order chi connectivity index (χ1) is 12.0. The molecule has 1 saturated heterocycles. The molecule has 1 unspecified atom stereocenters. The maximum absolute atomic E-state index is 13.5. The first-order valence-corrected chi connectivity index (χ1v) is 9.03. The molecule has 26 heavy (non-hydrogen) atoms. The van der Waals surface area contributed by atoms with E-state index < -0.39 is 17.0 Å². The molecule has 2 rings (SSSR count). The van der Waals surface area contributed by atoms with Gasteiger partial charge in [-0.3, -0.25) is 9.59 Å². The van der Waals surface area contributed by atoms with Crippen molar-refractivity contribution >= 4 is 11.8 Å². The summed E-state index contributed by atoms with van der Waals surface area (Å²) in [5.74, 6) is -1.89. The van der Waals surface area contributed by atoms with E-state index in [4.69, 9.17) is 0 Å². The van der Waals surface area contributed by atoms with Crippen LogP contribution < -0.4 is 0 Å². The smallest absolute Gasteiger partial charge is 0.227 e. The predicted molar refractivity (Wildman–Crippen MR) is 96.3 cm³/mol. The third kappa shape index (κ3) is 4.40. The minimum absolute atomic E-state index is 0.0231. The fourth-order valence-corrected chi connectivity index (χ4v) is 3.28. The molecule has 2 amide bonds. The normalized spacial score (nSPS) is 17.1. The Morgan fingerprint density at radius 1 is 1.15 bits per heavy atom. The topological polar surface area (TPSA) is 40.6 Å². The molecule has 0 radical (unpaired) electrons. The molecule has 1 aliphatic heterocycles. The Balaban J connectivity index is 1.99. The van der Waals surface area contributed by atoms with Crippen molar-refractivity contribution in [1.82, 2.24) is 9.80 Å². The first-order valence-electron chi connectivity index (χ1n) is 9.03. The monoisotopic (exact) mass is 366 g/mol. The molecule has 1 aromatic rings. The second-order valence-corrected chi connectivity index (χ2v) is 8.12. The van der Waals surface area contributed by atoms with Crippen molar-refractivity contribution in [2.24, 2.45) is 11.3 Å². The summed E-state index contributed by atoms with van der Waals surface area (Å²) in [5.41, 5.74) is 0.134. The zero-order valence-electron chi connectivity index (χ0n) is 16.2. The number of hydrogen-bond donors (Lipinski definition) is 0. The molecule has 1 aliphatic rings. The number of carbonyl (C=O) groups is 2. The highest BCUT2D eigenvalue weighted by atomic mass is 19.2. The van der Waals surface area contributed by atoms with Crippen molar-refractivity contribution in [2.45, 2.75) is 46.6 Å². The van der Waals surface area contributed by atoms with Crippen molar-refractivity contribution in [3.05, 3.63) is 35.4 Å². The SMILES string of the molecule is CC(c1ccc(F)c(F)c1)N(C)C(=O)C1CCN(C(=O)C(C)(C)C)CC1. The summed E-state index contributed by atoms with van der Waals surface area (Å²) in [7, 11) is 1.68. The summed E-state index contributed by atoms with van der Waals surface area (Å²) in [6.45, 7) is 8.61. The van der Waals surface area contributed by atoms with Crippen molar-refractivity contribution in [3.8, 4) is 0 Å². The summed E-state index contributed by atoms with van der Waals surface area (Å²) in [6, 6.07) is 3.36. The minimum Gasteiger partial charge on any atom is -0.342 e. The third-order valence-electron chi connectivity index (χ3n) is 5.13. The van der Waals surface area contributed by atoms with Crippen LogP contribution in [0.1, 0.15) is 52.1 Å². The molecule has 4 nitrogen and oxygen atoms in total. The minimum atomic E-state index is -0.913. The van der Waals surface area contributed by atoms with Crippen LogP contribution in [-0.2, 0) is 9.59 Å². The number of hydrogen-bond acceptors (Lipinski definition) is 2. The molecule has 1 atom stereocenters. The lowest BCUT2D eigenvalue weighted by Gasteiger charge is -2.37. The van der Waals surface area contributed by atoms with Gasteiger partial charge in [-0.2, -0.15) is 0 Å². The molecule has 0 spiro atoms. The molecule has 0 saturated carbocycles. The lowest BCUT2D eigenvalue weighted by Crippen LogP contribution is -2.47. The van der Waals surface area contributed by atoms with E-state index in [0.717, 1.165) is 12.1 Å². The highest BCUT2D eigenvalue weighted by molar-refractivity contribution is 5.82. The quantitative estimate of drug-likeness (QED) is 0.817. The van der Waals surface area contributed by atoms with Crippen LogP contribution >= 0.6 is 0 Å². The molecule has 6 heteroatoms. The van der Waals surface area contributed by atoms with Gasteiger partial charge in [0.25, 0.3) is 0 Å². The van der Waals surface area contributed by atoms with Gasteiger partial charge in [-0.25, -0.2) is 8.78 Å². The number of rotatable bonds is 3. The highest BCUT2D eigenvalue weighted by Crippen LogP contribution is 2.28. The fourth-order valence-electron chi connectivity index (χ4n) is 3.28. The van der Waals surface area contributed by atoms with Gasteiger partial charge < -0.3 is 9.80 Å². The fraction of sp³-hybridized carbons (Fsp3) is 0.600. The highest BCUT2D eigenvalue weighted by Gasteiger charge is 2.34. The third-order valence-corrected chi connectivity index (χ3v) is 5.13. The van der Waals surface area contributed by atoms with E-state index in [1.807, 2.05) is 25.7 Å². The van der Waals surface area contributed by atoms with Crippen LogP contribution in [-0.4, -0.2) is 41.8 Å². The number of carbonyl (C=O) groups excluding carboxylic acids is 2. The van der Waals surface area contributed by atoms with E-state index in [-0.39, 0.29) is 23.8 Å². The van der Waals surface area contributed by atoms with E-state index in [9.17, 15) is 18.4 Å². The second kappa shape index (κ2) is 7.72. The van der Waals surface area contributed by atoms with E-state index in [1.165, 1.54) is 6.07 Å². The van der Waals surface area contributed by atoms with Crippen LogP contribution in [0.5, 0.6) is 0 Å². The number of nitrogens with zero attached hydrogens (tertiary/aromatic N) is 2. The van der Waals surface area contributed by atoms with Gasteiger partial charge in [-0.05, 0) is 37.5 Å². The molecule has 144 valence electrons. The van der Waals surface area contributed by atoms with Crippen LogP contribution in [0.15, 0.2) is 18.2 Å². The first kappa shape index (κ1) is 20.3. The lowest BCUT2D eigenvalue weighted by molar-refractivity contribution is -0.145. The molecular weight excluding hydrogens is 338 g/mol. The zero-order valence-corrected chi connectivity index (χ0v) is 16.2. The Morgan fingerprint density at radius 3 is 2.23 bits per heavy atom. The molecule has 0 aliphatic carbocycles. The van der Waals surface area contributed by atoms with Crippen molar-refractivity contribution in [2.75, 3.05) is 20.1 Å². The number of halogens is 2. The Morgan fingerprint density at radius 2 is 1.73 bits per heavy atom. The number of benzene rings is 1. The van der Waals surface area contributed by atoms with Gasteiger partial charge in [0, 0.05) is 31.5 Å². The van der Waals surface area contributed by atoms with Crippen LogP contribution in [0.4, 0.5) is 8.78 Å².